The molecule has 1 atom stereocenters. The van der Waals surface area contributed by atoms with Gasteiger partial charge in [0.2, 0.25) is 0 Å². The van der Waals surface area contributed by atoms with Gasteiger partial charge in [-0.3, -0.25) is 9.59 Å². The van der Waals surface area contributed by atoms with E-state index >= 15 is 0 Å². The van der Waals surface area contributed by atoms with E-state index in [0.29, 0.717) is 36.5 Å². The molecule has 0 radical (unpaired) electrons. The maximum Gasteiger partial charge on any atom is 0.344 e. The van der Waals surface area contributed by atoms with Gasteiger partial charge in [0, 0.05) is 5.41 Å². The normalized spacial score (nSPS) is 30.5. The number of esters is 7. The van der Waals surface area contributed by atoms with Gasteiger partial charge in [0.05, 0.1) is 10.8 Å². The van der Waals surface area contributed by atoms with Crippen LogP contribution >= 0.6 is 0 Å². The fourth-order valence-electron chi connectivity index (χ4n) is 13.1. The zero-order valence-electron chi connectivity index (χ0n) is 47.2. The first-order valence-electron chi connectivity index (χ1n) is 28.2. The van der Waals surface area contributed by atoms with Gasteiger partial charge in [-0.1, -0.05) is 48.0 Å². The van der Waals surface area contributed by atoms with Crippen molar-refractivity contribution in [1.29, 1.82) is 0 Å². The maximum absolute atomic E-state index is 12.4. The van der Waals surface area contributed by atoms with Crippen LogP contribution < -0.4 is 0 Å². The highest BCUT2D eigenvalue weighted by molar-refractivity contribution is 5.82. The third kappa shape index (κ3) is 15.7. The van der Waals surface area contributed by atoms with E-state index in [4.69, 9.17) is 37.9 Å². The molecule has 0 aromatic rings. The van der Waals surface area contributed by atoms with Crippen LogP contribution in [-0.2, 0) is 71.5 Å². The summed E-state index contributed by atoms with van der Waals surface area (Å²) in [6.07, 6.45) is 19.0. The molecule has 0 spiro atoms. The molecule has 74 heavy (non-hydrogen) atoms. The lowest BCUT2D eigenvalue weighted by molar-refractivity contribution is -0.214. The molecule has 9 fully saturated rings. The Kier molecular flexibility index (Phi) is 21.1. The van der Waals surface area contributed by atoms with E-state index in [1.54, 1.807) is 27.7 Å². The molecule has 16 heteroatoms. The second kappa shape index (κ2) is 25.6. The average Bonchev–Trinajstić information content (AvgIpc) is 3.35. The van der Waals surface area contributed by atoms with E-state index in [9.17, 15) is 38.7 Å². The molecule has 1 unspecified atom stereocenters. The molecular weight excluding hydrogens is 953 g/mol. The van der Waals surface area contributed by atoms with Crippen molar-refractivity contribution in [3.8, 4) is 0 Å². The summed E-state index contributed by atoms with van der Waals surface area (Å²) in [5, 5.41) is 9.87. The van der Waals surface area contributed by atoms with Gasteiger partial charge in [-0.05, 0) is 204 Å². The van der Waals surface area contributed by atoms with Gasteiger partial charge in [-0.25, -0.2) is 24.0 Å². The number of carbonyl (C=O) groups is 7. The number of ether oxygens (including phenoxy) is 8. The van der Waals surface area contributed by atoms with Crippen LogP contribution in [0.1, 0.15) is 205 Å². The molecule has 9 rings (SSSR count). The van der Waals surface area contributed by atoms with Crippen LogP contribution in [-0.4, -0.2) is 103 Å². The van der Waals surface area contributed by atoms with Gasteiger partial charge < -0.3 is 43.0 Å². The largest absolute Gasteiger partial charge is 0.458 e. The predicted molar refractivity (Wildman–Crippen MR) is 273 cm³/mol. The molecule has 9 saturated carbocycles. The number of hydrogen-bond donors (Lipinski definition) is 1. The Labute approximate surface area is 441 Å². The predicted octanol–water partition coefficient (Wildman–Crippen LogP) is 9.95. The number of carbonyl (C=O) groups excluding carboxylic acids is 7. The Bertz CT molecular complexity index is 1890. The van der Waals surface area contributed by atoms with Crippen molar-refractivity contribution in [3.05, 3.63) is 0 Å². The van der Waals surface area contributed by atoms with Crippen molar-refractivity contribution in [1.82, 2.24) is 0 Å². The van der Waals surface area contributed by atoms with Crippen molar-refractivity contribution in [2.75, 3.05) is 33.0 Å². The monoisotopic (exact) mass is 1050 g/mol. The zero-order chi connectivity index (χ0) is 54.9. The van der Waals surface area contributed by atoms with Crippen molar-refractivity contribution in [2.24, 2.45) is 63.6 Å². The van der Waals surface area contributed by atoms with Crippen molar-refractivity contribution in [2.45, 2.75) is 228 Å². The smallest absolute Gasteiger partial charge is 0.344 e. The van der Waals surface area contributed by atoms with E-state index in [1.165, 1.54) is 19.3 Å². The van der Waals surface area contributed by atoms with Crippen molar-refractivity contribution in [3.63, 3.8) is 0 Å². The average molecular weight is 1050 g/mol. The molecular formula is C58H94O16. The van der Waals surface area contributed by atoms with E-state index in [0.717, 1.165) is 114 Å². The van der Waals surface area contributed by atoms with Gasteiger partial charge in [0.25, 0.3) is 0 Å². The first kappa shape index (κ1) is 61.1. The number of aliphatic hydroxyl groups is 1. The van der Waals surface area contributed by atoms with Crippen LogP contribution in [0.2, 0.25) is 0 Å². The summed E-state index contributed by atoms with van der Waals surface area (Å²) >= 11 is 0. The molecule has 9 aliphatic carbocycles. The first-order chi connectivity index (χ1) is 34.6. The van der Waals surface area contributed by atoms with Crippen LogP contribution in [0.4, 0.5) is 0 Å². The topological polar surface area (TPSA) is 214 Å². The summed E-state index contributed by atoms with van der Waals surface area (Å²) in [7, 11) is 0. The summed E-state index contributed by atoms with van der Waals surface area (Å²) in [5.41, 5.74) is -2.82. The van der Waals surface area contributed by atoms with E-state index < -0.39 is 90.6 Å². The third-order valence-electron chi connectivity index (χ3n) is 18.9. The van der Waals surface area contributed by atoms with Crippen molar-refractivity contribution >= 4 is 41.8 Å². The maximum atomic E-state index is 12.4. The molecule has 8 bridgehead atoms. The van der Waals surface area contributed by atoms with Gasteiger partial charge in [-0.2, -0.15) is 0 Å². The summed E-state index contributed by atoms with van der Waals surface area (Å²) < 4.78 is 42.5. The Balaban J connectivity index is 0.000000210. The third-order valence-corrected chi connectivity index (χ3v) is 18.9. The SMILES string of the molecule is CCC(C)(C)C(=O)OCC(=O)OCC(=O)OC1(C)C2CC3CC(C2)CC1C3.CCC(C)(C)C(=O)OCC(=O)OCC(=O)OC1(CC)C2CC3CC(C2)CC1C3.CCC(C)(C)C(O)OCC(=O)OC1(C)CCCCC1. The number of aliphatic hydroxyl groups excluding tert-OH is 1. The molecule has 0 amide bonds. The van der Waals surface area contributed by atoms with Gasteiger partial charge in [0.1, 0.15) is 23.4 Å². The molecule has 9 aliphatic rings. The second-order valence-corrected chi connectivity index (χ2v) is 25.5. The highest BCUT2D eigenvalue weighted by Crippen LogP contribution is 2.61. The quantitative estimate of drug-likeness (QED) is 0.0643. The van der Waals surface area contributed by atoms with E-state index in [2.05, 4.69) is 13.8 Å². The van der Waals surface area contributed by atoms with Crippen LogP contribution in [0.15, 0.2) is 0 Å². The minimum atomic E-state index is -0.941. The summed E-state index contributed by atoms with van der Waals surface area (Å²) in [4.78, 5) is 83.9. The highest BCUT2D eigenvalue weighted by Gasteiger charge is 2.59. The summed E-state index contributed by atoms with van der Waals surface area (Å²) in [5.74, 6) is 1.12. The lowest BCUT2D eigenvalue weighted by Gasteiger charge is -2.60. The van der Waals surface area contributed by atoms with Crippen LogP contribution in [0, 0.1) is 63.6 Å². The standard InChI is InChI=1S/C22H34O6.C21H32O6.C15H28O4/c1-5-21(3,4)20(25)27-12-18(23)26-13-19(24)28-22(6-2)16-8-14-7-15(10-16)11-17(22)9-14;1-5-20(2,3)19(24)26-11-17(22)25-12-18(23)27-21(4)15-7-13-6-14(9-15)10-16(21)8-13;1-5-14(2,3)13(17)18-11-12(16)19-15(4)9-7-6-8-10-15/h14-17H,5-13H2,1-4H3;13-16H,5-12H2,1-4H3;13,17H,5-11H2,1-4H3. The number of rotatable bonds is 21. The molecule has 0 heterocycles. The van der Waals surface area contributed by atoms with Crippen LogP contribution in [0.25, 0.3) is 0 Å². The Morgan fingerprint density at radius 3 is 1.24 bits per heavy atom. The Hall–Kier alpha value is -3.79. The van der Waals surface area contributed by atoms with Gasteiger partial charge in [0.15, 0.2) is 32.7 Å². The van der Waals surface area contributed by atoms with E-state index in [1.807, 2.05) is 41.5 Å². The number of hydrogen-bond acceptors (Lipinski definition) is 16. The lowest BCUT2D eigenvalue weighted by Crippen LogP contribution is -2.59. The van der Waals surface area contributed by atoms with Crippen molar-refractivity contribution < 1.29 is 76.6 Å². The summed E-state index contributed by atoms with van der Waals surface area (Å²) in [6.45, 7) is 20.7. The lowest BCUT2D eigenvalue weighted by atomic mass is 9.49. The van der Waals surface area contributed by atoms with Gasteiger partial charge >= 0.3 is 41.8 Å². The molecule has 0 saturated heterocycles. The highest BCUT2D eigenvalue weighted by atomic mass is 16.6. The van der Waals surface area contributed by atoms with Gasteiger partial charge in [-0.15, -0.1) is 0 Å². The van der Waals surface area contributed by atoms with E-state index in [-0.39, 0.29) is 23.6 Å². The summed E-state index contributed by atoms with van der Waals surface area (Å²) in [6, 6.07) is 0. The minimum Gasteiger partial charge on any atom is -0.458 e. The molecule has 16 nitrogen and oxygen atoms in total. The fourth-order valence-corrected chi connectivity index (χ4v) is 13.1. The van der Waals surface area contributed by atoms with Crippen LogP contribution in [0.3, 0.4) is 0 Å². The first-order valence-corrected chi connectivity index (χ1v) is 28.2. The fraction of sp³-hybridized carbons (Fsp3) is 0.879. The molecule has 0 aliphatic heterocycles. The Morgan fingerprint density at radius 2 is 0.851 bits per heavy atom. The molecule has 1 N–H and O–H groups in total. The molecule has 0 aromatic carbocycles. The Morgan fingerprint density at radius 1 is 0.473 bits per heavy atom. The van der Waals surface area contributed by atoms with Crippen LogP contribution in [0.5, 0.6) is 0 Å². The minimum absolute atomic E-state index is 0.180. The molecule has 422 valence electrons. The zero-order valence-corrected chi connectivity index (χ0v) is 47.2. The molecule has 0 aromatic heterocycles. The second-order valence-electron chi connectivity index (χ2n) is 25.5.